The molecule has 22 heavy (non-hydrogen) atoms. The Balaban J connectivity index is 2.48. The molecule has 0 amide bonds. The third kappa shape index (κ3) is 3.16. The Labute approximate surface area is 136 Å². The van der Waals surface area contributed by atoms with Gasteiger partial charge in [-0.25, -0.2) is 0 Å². The summed E-state index contributed by atoms with van der Waals surface area (Å²) in [6.45, 7) is 21.1. The largest absolute Gasteiger partial charge is 0.494 e. The van der Waals surface area contributed by atoms with Crippen LogP contribution in [0.25, 0.3) is 5.57 Å². The normalized spacial score (nSPS) is 20.3. The Kier molecular flexibility index (Phi) is 4.12. The molecular weight excluding hydrogens is 271 g/mol. The van der Waals surface area contributed by atoms with Crippen molar-refractivity contribution in [2.75, 3.05) is 0 Å². The summed E-state index contributed by atoms with van der Waals surface area (Å²) < 4.78 is 12.4. The van der Waals surface area contributed by atoms with Gasteiger partial charge in [-0.2, -0.15) is 0 Å². The number of benzene rings is 1. The highest BCUT2D eigenvalue weighted by Gasteiger charge is 2.51. The van der Waals surface area contributed by atoms with Gasteiger partial charge in [-0.15, -0.1) is 0 Å². The first-order chi connectivity index (χ1) is 9.83. The molecule has 1 aliphatic heterocycles. The van der Waals surface area contributed by atoms with Gasteiger partial charge in [-0.05, 0) is 56.6 Å². The average Bonchev–Trinajstić information content (AvgIpc) is 2.57. The van der Waals surface area contributed by atoms with E-state index in [1.165, 1.54) is 5.56 Å². The van der Waals surface area contributed by atoms with Crippen LogP contribution in [0.15, 0.2) is 24.8 Å². The first-order valence-electron chi connectivity index (χ1n) is 8.00. The predicted molar refractivity (Wildman–Crippen MR) is 95.6 cm³/mol. The molecule has 0 unspecified atom stereocenters. The minimum atomic E-state index is -0.328. The van der Waals surface area contributed by atoms with Crippen LogP contribution in [0.4, 0.5) is 0 Å². The van der Waals surface area contributed by atoms with Crippen LogP contribution in [0.1, 0.15) is 66.5 Å². The highest BCUT2D eigenvalue weighted by molar-refractivity contribution is 6.62. The van der Waals surface area contributed by atoms with E-state index >= 15 is 0 Å². The fraction of sp³-hybridized carbons (Fsp3) is 0.579. The second-order valence-corrected chi connectivity index (χ2v) is 8.46. The minimum Gasteiger partial charge on any atom is -0.399 e. The molecule has 3 heteroatoms. The number of hydrogen-bond donors (Lipinski definition) is 0. The van der Waals surface area contributed by atoms with Crippen LogP contribution in [-0.2, 0) is 14.7 Å². The smallest absolute Gasteiger partial charge is 0.399 e. The van der Waals surface area contributed by atoms with E-state index in [-0.39, 0.29) is 23.7 Å². The quantitative estimate of drug-likeness (QED) is 0.757. The molecule has 1 aromatic rings. The molecule has 2 rings (SSSR count). The second-order valence-electron chi connectivity index (χ2n) is 8.46. The number of hydrogen-bond acceptors (Lipinski definition) is 2. The topological polar surface area (TPSA) is 18.5 Å². The molecule has 0 radical (unpaired) electrons. The molecular formula is C19H29BO2. The lowest BCUT2D eigenvalue weighted by Gasteiger charge is -2.32. The standard InChI is InChI=1S/C19H29BO2/c1-13(2)14-10-15(17(3,4)5)12-16(11-14)20-21-18(6,7)19(8,9)22-20/h10-12H,1H2,2-9H3. The number of rotatable bonds is 2. The molecule has 0 saturated carbocycles. The highest BCUT2D eigenvalue weighted by Crippen LogP contribution is 2.37. The Morgan fingerprint density at radius 3 is 1.91 bits per heavy atom. The number of allylic oxidation sites excluding steroid dienone is 1. The van der Waals surface area contributed by atoms with E-state index in [0.29, 0.717) is 0 Å². The maximum atomic E-state index is 6.20. The maximum Gasteiger partial charge on any atom is 0.494 e. The van der Waals surface area contributed by atoms with Crippen molar-refractivity contribution in [2.45, 2.75) is 72.0 Å². The van der Waals surface area contributed by atoms with Gasteiger partial charge in [0.05, 0.1) is 11.2 Å². The van der Waals surface area contributed by atoms with Gasteiger partial charge in [-0.1, -0.05) is 51.1 Å². The van der Waals surface area contributed by atoms with Gasteiger partial charge < -0.3 is 9.31 Å². The van der Waals surface area contributed by atoms with E-state index in [4.69, 9.17) is 9.31 Å². The van der Waals surface area contributed by atoms with Gasteiger partial charge in [-0.3, -0.25) is 0 Å². The van der Waals surface area contributed by atoms with Gasteiger partial charge in [0.2, 0.25) is 0 Å². The van der Waals surface area contributed by atoms with Crippen molar-refractivity contribution in [1.82, 2.24) is 0 Å². The molecule has 0 aromatic heterocycles. The summed E-state index contributed by atoms with van der Waals surface area (Å²) in [6.07, 6.45) is 0. The molecule has 120 valence electrons. The summed E-state index contributed by atoms with van der Waals surface area (Å²) in [7, 11) is -0.328. The molecule has 1 aromatic carbocycles. The van der Waals surface area contributed by atoms with Gasteiger partial charge in [0.25, 0.3) is 0 Å². The first-order valence-corrected chi connectivity index (χ1v) is 8.00. The SMILES string of the molecule is C=C(C)c1cc(B2OC(C)(C)C(C)(C)O2)cc(C(C)(C)C)c1. The molecule has 1 heterocycles. The van der Waals surface area contributed by atoms with Gasteiger partial charge in [0, 0.05) is 0 Å². The highest BCUT2D eigenvalue weighted by atomic mass is 16.7. The predicted octanol–water partition coefficient (Wildman–Crippen LogP) is 4.32. The molecule has 1 saturated heterocycles. The Bertz CT molecular complexity index is 578. The van der Waals surface area contributed by atoms with Crippen LogP contribution in [0.5, 0.6) is 0 Å². The van der Waals surface area contributed by atoms with Crippen LogP contribution >= 0.6 is 0 Å². The average molecular weight is 300 g/mol. The van der Waals surface area contributed by atoms with E-state index in [1.54, 1.807) is 0 Å². The molecule has 1 aliphatic rings. The van der Waals surface area contributed by atoms with Crippen molar-refractivity contribution in [1.29, 1.82) is 0 Å². The molecule has 1 fully saturated rings. The third-order valence-corrected chi connectivity index (χ3v) is 4.84. The lowest BCUT2D eigenvalue weighted by atomic mass is 9.74. The molecule has 0 atom stereocenters. The van der Waals surface area contributed by atoms with Gasteiger partial charge in [0.1, 0.15) is 0 Å². The summed E-state index contributed by atoms with van der Waals surface area (Å²) in [5.74, 6) is 0. The van der Waals surface area contributed by atoms with Crippen molar-refractivity contribution in [3.05, 3.63) is 35.9 Å². The zero-order valence-electron chi connectivity index (χ0n) is 15.3. The zero-order valence-corrected chi connectivity index (χ0v) is 15.3. The zero-order chi connectivity index (χ0) is 16.9. The van der Waals surface area contributed by atoms with E-state index in [1.807, 2.05) is 6.92 Å². The fourth-order valence-corrected chi connectivity index (χ4v) is 2.45. The van der Waals surface area contributed by atoms with Crippen LogP contribution < -0.4 is 5.46 Å². The van der Waals surface area contributed by atoms with Gasteiger partial charge >= 0.3 is 7.12 Å². The molecule has 0 aliphatic carbocycles. The van der Waals surface area contributed by atoms with Gasteiger partial charge in [0.15, 0.2) is 0 Å². The van der Waals surface area contributed by atoms with Crippen molar-refractivity contribution in [3.8, 4) is 0 Å². The van der Waals surface area contributed by atoms with Crippen LogP contribution in [0.3, 0.4) is 0 Å². The lowest BCUT2D eigenvalue weighted by molar-refractivity contribution is 0.00578. The third-order valence-electron chi connectivity index (χ3n) is 4.84. The maximum absolute atomic E-state index is 6.20. The molecule has 0 N–H and O–H groups in total. The monoisotopic (exact) mass is 300 g/mol. The van der Waals surface area contributed by atoms with Crippen molar-refractivity contribution < 1.29 is 9.31 Å². The second kappa shape index (κ2) is 5.24. The summed E-state index contributed by atoms with van der Waals surface area (Å²) in [6, 6.07) is 6.56. The molecule has 0 spiro atoms. The minimum absolute atomic E-state index is 0.0733. The Hall–Kier alpha value is -1.06. The van der Waals surface area contributed by atoms with Crippen molar-refractivity contribution >= 4 is 18.2 Å². The molecule has 2 nitrogen and oxygen atoms in total. The van der Waals surface area contributed by atoms with E-state index in [0.717, 1.165) is 16.6 Å². The Morgan fingerprint density at radius 1 is 1.00 bits per heavy atom. The van der Waals surface area contributed by atoms with Crippen molar-refractivity contribution in [2.24, 2.45) is 0 Å². The van der Waals surface area contributed by atoms with Crippen LogP contribution in [0.2, 0.25) is 0 Å². The first kappa shape index (κ1) is 17.3. The summed E-state index contributed by atoms with van der Waals surface area (Å²) >= 11 is 0. The lowest BCUT2D eigenvalue weighted by Crippen LogP contribution is -2.41. The fourth-order valence-electron chi connectivity index (χ4n) is 2.45. The summed E-state index contributed by atoms with van der Waals surface area (Å²) in [4.78, 5) is 0. The van der Waals surface area contributed by atoms with Crippen molar-refractivity contribution in [3.63, 3.8) is 0 Å². The van der Waals surface area contributed by atoms with E-state index < -0.39 is 0 Å². The van der Waals surface area contributed by atoms with Crippen LogP contribution in [0, 0.1) is 0 Å². The van der Waals surface area contributed by atoms with E-state index in [9.17, 15) is 0 Å². The summed E-state index contributed by atoms with van der Waals surface area (Å²) in [5.41, 5.74) is 3.99. The van der Waals surface area contributed by atoms with E-state index in [2.05, 4.69) is 73.2 Å². The molecule has 0 bridgehead atoms. The Morgan fingerprint density at radius 2 is 1.50 bits per heavy atom. The summed E-state index contributed by atoms with van der Waals surface area (Å²) in [5, 5.41) is 0. The van der Waals surface area contributed by atoms with Crippen LogP contribution in [-0.4, -0.2) is 18.3 Å².